The van der Waals surface area contributed by atoms with Gasteiger partial charge in [-0.05, 0) is 54.1 Å². The number of carbonyl (C=O) groups excluding carboxylic acids is 1. The van der Waals surface area contributed by atoms with E-state index in [4.69, 9.17) is 9.47 Å². The van der Waals surface area contributed by atoms with E-state index in [2.05, 4.69) is 15.4 Å². The molecule has 0 atom stereocenters. The normalized spacial score (nSPS) is 10.6. The second-order valence-electron chi connectivity index (χ2n) is 7.19. The van der Waals surface area contributed by atoms with Gasteiger partial charge in [-0.3, -0.25) is 14.5 Å². The molecule has 0 bridgehead atoms. The summed E-state index contributed by atoms with van der Waals surface area (Å²) in [7, 11) is 3.06. The lowest BCUT2D eigenvalue weighted by Gasteiger charge is -2.13. The lowest BCUT2D eigenvalue weighted by Crippen LogP contribution is -2.28. The Morgan fingerprint density at radius 2 is 1.76 bits per heavy atom. The van der Waals surface area contributed by atoms with Crippen LogP contribution < -0.4 is 14.8 Å². The van der Waals surface area contributed by atoms with Crippen LogP contribution in [0.3, 0.4) is 0 Å². The van der Waals surface area contributed by atoms with Crippen molar-refractivity contribution in [3.05, 3.63) is 84.6 Å². The molecule has 4 rings (SSSR count). The van der Waals surface area contributed by atoms with Crippen LogP contribution in [0.25, 0.3) is 22.4 Å². The van der Waals surface area contributed by atoms with Crippen LogP contribution >= 0.6 is 0 Å². The molecule has 0 spiro atoms. The molecule has 7 nitrogen and oxygen atoms in total. The van der Waals surface area contributed by atoms with Crippen LogP contribution in [0.5, 0.6) is 11.5 Å². The van der Waals surface area contributed by atoms with E-state index in [1.807, 2.05) is 12.1 Å². The van der Waals surface area contributed by atoms with Crippen LogP contribution in [0, 0.1) is 5.82 Å². The van der Waals surface area contributed by atoms with Gasteiger partial charge < -0.3 is 14.8 Å². The van der Waals surface area contributed by atoms with Crippen molar-refractivity contribution in [2.24, 2.45) is 0 Å². The molecule has 0 radical (unpaired) electrons. The van der Waals surface area contributed by atoms with Crippen molar-refractivity contribution in [2.45, 2.75) is 6.54 Å². The number of nitrogens with one attached hydrogen (secondary N) is 1. The van der Waals surface area contributed by atoms with Crippen molar-refractivity contribution in [1.29, 1.82) is 0 Å². The number of ether oxygens (including phenoxy) is 2. The Morgan fingerprint density at radius 1 is 1.00 bits per heavy atom. The van der Waals surface area contributed by atoms with Gasteiger partial charge in [0, 0.05) is 36.1 Å². The molecule has 1 amide bonds. The molecule has 2 aromatic heterocycles. The summed E-state index contributed by atoms with van der Waals surface area (Å²) in [5.41, 5.74) is 3.91. The first kappa shape index (κ1) is 22.0. The van der Waals surface area contributed by atoms with Crippen molar-refractivity contribution in [3.8, 4) is 33.9 Å². The van der Waals surface area contributed by atoms with Crippen molar-refractivity contribution >= 4 is 5.91 Å². The largest absolute Gasteiger partial charge is 0.497 e. The molecule has 0 fully saturated rings. The topological polar surface area (TPSA) is 78.3 Å². The Morgan fingerprint density at radius 3 is 2.45 bits per heavy atom. The zero-order chi connectivity index (χ0) is 23.2. The van der Waals surface area contributed by atoms with Crippen LogP contribution in [0.2, 0.25) is 0 Å². The molecule has 0 aliphatic carbocycles. The summed E-state index contributed by atoms with van der Waals surface area (Å²) in [6.45, 7) is 0.752. The number of pyridine rings is 1. The van der Waals surface area contributed by atoms with E-state index in [0.29, 0.717) is 30.2 Å². The summed E-state index contributed by atoms with van der Waals surface area (Å²) in [5.74, 6) is 0.459. The molecule has 0 aliphatic rings. The molecule has 168 valence electrons. The Balaban J connectivity index is 1.56. The van der Waals surface area contributed by atoms with Gasteiger partial charge >= 0.3 is 0 Å². The van der Waals surface area contributed by atoms with E-state index in [1.54, 1.807) is 60.7 Å². The standard InChI is InChI=1S/C25H23FN4O3/c1-32-20-7-8-21(23(15-20)33-2)25(31)28-13-14-30-24(18-3-5-19(26)6-4-18)22(16-29-30)17-9-11-27-12-10-17/h3-12,15-16H,13-14H2,1-2H3,(H,28,31). The first-order valence-corrected chi connectivity index (χ1v) is 10.3. The molecule has 4 aromatic rings. The predicted molar refractivity (Wildman–Crippen MR) is 123 cm³/mol. The van der Waals surface area contributed by atoms with E-state index in [1.165, 1.54) is 19.2 Å². The third-order valence-electron chi connectivity index (χ3n) is 5.21. The van der Waals surface area contributed by atoms with E-state index in [-0.39, 0.29) is 11.7 Å². The van der Waals surface area contributed by atoms with Crippen molar-refractivity contribution in [3.63, 3.8) is 0 Å². The number of carbonyl (C=O) groups is 1. The highest BCUT2D eigenvalue weighted by atomic mass is 19.1. The minimum Gasteiger partial charge on any atom is -0.497 e. The number of nitrogens with zero attached hydrogens (tertiary/aromatic N) is 3. The highest BCUT2D eigenvalue weighted by Crippen LogP contribution is 2.32. The van der Waals surface area contributed by atoms with E-state index < -0.39 is 0 Å². The first-order chi connectivity index (χ1) is 16.1. The summed E-state index contributed by atoms with van der Waals surface area (Å²) in [5, 5.41) is 7.43. The minimum atomic E-state index is -0.309. The lowest BCUT2D eigenvalue weighted by atomic mass is 10.0. The molecule has 0 saturated carbocycles. The van der Waals surface area contributed by atoms with Gasteiger partial charge in [0.25, 0.3) is 5.91 Å². The zero-order valence-corrected chi connectivity index (χ0v) is 18.3. The highest BCUT2D eigenvalue weighted by molar-refractivity contribution is 5.97. The van der Waals surface area contributed by atoms with Gasteiger partial charge in [-0.2, -0.15) is 5.10 Å². The van der Waals surface area contributed by atoms with Crippen molar-refractivity contribution < 1.29 is 18.7 Å². The Bertz CT molecular complexity index is 1240. The molecular formula is C25H23FN4O3. The van der Waals surface area contributed by atoms with Crippen LogP contribution in [0.1, 0.15) is 10.4 Å². The molecular weight excluding hydrogens is 423 g/mol. The smallest absolute Gasteiger partial charge is 0.255 e. The second kappa shape index (κ2) is 9.95. The molecule has 2 heterocycles. The fraction of sp³-hybridized carbons (Fsp3) is 0.160. The van der Waals surface area contributed by atoms with Gasteiger partial charge in [-0.15, -0.1) is 0 Å². The predicted octanol–water partition coefficient (Wildman–Crippen LogP) is 4.20. The maximum atomic E-state index is 13.5. The summed E-state index contributed by atoms with van der Waals surface area (Å²) in [4.78, 5) is 16.8. The average Bonchev–Trinajstić information content (AvgIpc) is 3.28. The van der Waals surface area contributed by atoms with Gasteiger partial charge in [-0.1, -0.05) is 0 Å². The van der Waals surface area contributed by atoms with Gasteiger partial charge in [0.2, 0.25) is 0 Å². The number of hydrogen-bond donors (Lipinski definition) is 1. The Hall–Kier alpha value is -4.20. The summed E-state index contributed by atoms with van der Waals surface area (Å²) in [6.07, 6.45) is 5.19. The van der Waals surface area contributed by atoms with Gasteiger partial charge in [-0.25, -0.2) is 4.39 Å². The monoisotopic (exact) mass is 446 g/mol. The molecule has 0 aliphatic heterocycles. The maximum Gasteiger partial charge on any atom is 0.255 e. The molecule has 0 saturated heterocycles. The van der Waals surface area contributed by atoms with E-state index in [0.717, 1.165) is 22.4 Å². The number of aromatic nitrogens is 3. The van der Waals surface area contributed by atoms with Crippen LogP contribution in [-0.4, -0.2) is 41.4 Å². The van der Waals surface area contributed by atoms with Crippen LogP contribution in [-0.2, 0) is 6.54 Å². The number of rotatable bonds is 8. The minimum absolute atomic E-state index is 0.264. The van der Waals surface area contributed by atoms with Crippen molar-refractivity contribution in [1.82, 2.24) is 20.1 Å². The maximum absolute atomic E-state index is 13.5. The van der Waals surface area contributed by atoms with Gasteiger partial charge in [0.15, 0.2) is 0 Å². The number of halogens is 1. The molecule has 8 heteroatoms. The number of benzene rings is 2. The SMILES string of the molecule is COc1ccc(C(=O)NCCn2ncc(-c3ccncc3)c2-c2ccc(F)cc2)c(OC)c1. The highest BCUT2D eigenvalue weighted by Gasteiger charge is 2.16. The third-order valence-corrected chi connectivity index (χ3v) is 5.21. The quantitative estimate of drug-likeness (QED) is 0.439. The summed E-state index contributed by atoms with van der Waals surface area (Å²) in [6, 6.07) is 15.1. The molecule has 1 N–H and O–H groups in total. The van der Waals surface area contributed by atoms with E-state index >= 15 is 0 Å². The third kappa shape index (κ3) is 4.85. The first-order valence-electron chi connectivity index (χ1n) is 10.3. The number of amides is 1. The number of hydrogen-bond acceptors (Lipinski definition) is 5. The van der Waals surface area contributed by atoms with Crippen LogP contribution in [0.4, 0.5) is 4.39 Å². The van der Waals surface area contributed by atoms with Gasteiger partial charge in [0.1, 0.15) is 17.3 Å². The molecule has 33 heavy (non-hydrogen) atoms. The fourth-order valence-corrected chi connectivity index (χ4v) is 3.57. The number of methoxy groups -OCH3 is 2. The Kier molecular flexibility index (Phi) is 6.64. The average molecular weight is 446 g/mol. The Labute approximate surface area is 190 Å². The molecule has 2 aromatic carbocycles. The molecule has 0 unspecified atom stereocenters. The van der Waals surface area contributed by atoms with Crippen molar-refractivity contribution in [2.75, 3.05) is 20.8 Å². The van der Waals surface area contributed by atoms with E-state index in [9.17, 15) is 9.18 Å². The lowest BCUT2D eigenvalue weighted by molar-refractivity contribution is 0.0949. The van der Waals surface area contributed by atoms with Crippen LogP contribution in [0.15, 0.2) is 73.2 Å². The summed E-state index contributed by atoms with van der Waals surface area (Å²) >= 11 is 0. The zero-order valence-electron chi connectivity index (χ0n) is 18.3. The summed E-state index contributed by atoms with van der Waals surface area (Å²) < 4.78 is 25.8. The fourth-order valence-electron chi connectivity index (χ4n) is 3.57. The van der Waals surface area contributed by atoms with Gasteiger partial charge in [0.05, 0.1) is 38.2 Å². The second-order valence-corrected chi connectivity index (χ2v) is 7.19.